The van der Waals surface area contributed by atoms with Crippen LogP contribution >= 0.6 is 0 Å². The van der Waals surface area contributed by atoms with E-state index in [9.17, 15) is 9.90 Å². The van der Waals surface area contributed by atoms with E-state index in [2.05, 4.69) is 10.2 Å². The molecule has 0 bridgehead atoms. The maximum Gasteiger partial charge on any atom is 0.238 e. The van der Waals surface area contributed by atoms with Crippen LogP contribution in [0.15, 0.2) is 18.2 Å². The molecule has 0 saturated carbocycles. The van der Waals surface area contributed by atoms with Gasteiger partial charge in [0.15, 0.2) is 0 Å². The summed E-state index contributed by atoms with van der Waals surface area (Å²) in [5.41, 5.74) is 1.78. The van der Waals surface area contributed by atoms with E-state index in [0.29, 0.717) is 23.9 Å². The van der Waals surface area contributed by atoms with Gasteiger partial charge in [-0.15, -0.1) is 0 Å². The van der Waals surface area contributed by atoms with Crippen molar-refractivity contribution in [3.63, 3.8) is 0 Å². The van der Waals surface area contributed by atoms with E-state index in [1.54, 1.807) is 7.11 Å². The number of carbonyl (C=O) groups is 1. The third kappa shape index (κ3) is 4.44. The number of amides is 1. The van der Waals surface area contributed by atoms with E-state index >= 15 is 0 Å². The zero-order chi connectivity index (χ0) is 15.2. The number of benzene rings is 1. The third-order valence-corrected chi connectivity index (χ3v) is 3.86. The van der Waals surface area contributed by atoms with Crippen LogP contribution < -0.4 is 10.1 Å². The molecular formula is C16H24N2O3. The molecule has 21 heavy (non-hydrogen) atoms. The molecule has 1 aromatic rings. The first-order valence-electron chi connectivity index (χ1n) is 7.40. The standard InChI is InChI=1S/C16H24N2O3/c1-12-5-6-15(21-2)14(8-12)17-16(20)10-18-7-3-4-13(9-18)11-19/h5-6,8,13,19H,3-4,7,9-11H2,1-2H3,(H,17,20). The van der Waals surface area contributed by atoms with Gasteiger partial charge >= 0.3 is 0 Å². The van der Waals surface area contributed by atoms with Gasteiger partial charge < -0.3 is 15.2 Å². The number of aliphatic hydroxyl groups is 1. The monoisotopic (exact) mass is 292 g/mol. The summed E-state index contributed by atoms with van der Waals surface area (Å²) in [6.07, 6.45) is 2.08. The molecule has 0 radical (unpaired) electrons. The van der Waals surface area contributed by atoms with Crippen molar-refractivity contribution < 1.29 is 14.6 Å². The average Bonchev–Trinajstić information content (AvgIpc) is 2.47. The van der Waals surface area contributed by atoms with Crippen LogP contribution in [0.4, 0.5) is 5.69 Å². The average molecular weight is 292 g/mol. The van der Waals surface area contributed by atoms with Crippen molar-refractivity contribution in [1.82, 2.24) is 4.90 Å². The van der Waals surface area contributed by atoms with Gasteiger partial charge in [-0.1, -0.05) is 6.07 Å². The van der Waals surface area contributed by atoms with Crippen LogP contribution in [0.1, 0.15) is 18.4 Å². The van der Waals surface area contributed by atoms with Crippen molar-refractivity contribution >= 4 is 11.6 Å². The van der Waals surface area contributed by atoms with Crippen LogP contribution in [0, 0.1) is 12.8 Å². The lowest BCUT2D eigenvalue weighted by Crippen LogP contribution is -2.41. The molecule has 5 heteroatoms. The first-order chi connectivity index (χ1) is 10.1. The quantitative estimate of drug-likeness (QED) is 0.866. The van der Waals surface area contributed by atoms with E-state index in [1.807, 2.05) is 25.1 Å². The molecule has 0 spiro atoms. The van der Waals surface area contributed by atoms with E-state index in [0.717, 1.165) is 31.5 Å². The smallest absolute Gasteiger partial charge is 0.238 e. The summed E-state index contributed by atoms with van der Waals surface area (Å²) in [6.45, 7) is 4.23. The summed E-state index contributed by atoms with van der Waals surface area (Å²) < 4.78 is 5.26. The van der Waals surface area contributed by atoms with Crippen molar-refractivity contribution in [2.75, 3.05) is 38.7 Å². The Morgan fingerprint density at radius 1 is 1.52 bits per heavy atom. The summed E-state index contributed by atoms with van der Waals surface area (Å²) >= 11 is 0. The largest absolute Gasteiger partial charge is 0.495 e. The summed E-state index contributed by atoms with van der Waals surface area (Å²) in [5.74, 6) is 0.915. The lowest BCUT2D eigenvalue weighted by molar-refractivity contribution is -0.117. The molecule has 1 amide bonds. The van der Waals surface area contributed by atoms with Gasteiger partial charge in [-0.3, -0.25) is 9.69 Å². The number of anilines is 1. The molecule has 1 saturated heterocycles. The summed E-state index contributed by atoms with van der Waals surface area (Å²) in [5, 5.41) is 12.1. The predicted octanol–water partition coefficient (Wildman–Crippen LogP) is 1.65. The minimum atomic E-state index is -0.0440. The Kier molecular flexibility index (Phi) is 5.59. The molecular weight excluding hydrogens is 268 g/mol. The van der Waals surface area contributed by atoms with Crippen LogP contribution in [0.25, 0.3) is 0 Å². The summed E-state index contributed by atoms with van der Waals surface area (Å²) in [4.78, 5) is 14.3. The molecule has 0 aromatic heterocycles. The highest BCUT2D eigenvalue weighted by atomic mass is 16.5. The molecule has 1 heterocycles. The second-order valence-corrected chi connectivity index (χ2v) is 5.68. The highest BCUT2D eigenvalue weighted by Crippen LogP contribution is 2.25. The molecule has 1 fully saturated rings. The van der Waals surface area contributed by atoms with Crippen molar-refractivity contribution in [2.24, 2.45) is 5.92 Å². The third-order valence-electron chi connectivity index (χ3n) is 3.86. The van der Waals surface area contributed by atoms with Gasteiger partial charge in [0.05, 0.1) is 19.3 Å². The Morgan fingerprint density at radius 3 is 3.05 bits per heavy atom. The van der Waals surface area contributed by atoms with Gasteiger partial charge in [0.25, 0.3) is 0 Å². The first-order valence-corrected chi connectivity index (χ1v) is 7.40. The molecule has 1 aliphatic rings. The summed E-state index contributed by atoms with van der Waals surface area (Å²) in [7, 11) is 1.59. The van der Waals surface area contributed by atoms with Gasteiger partial charge in [0.2, 0.25) is 5.91 Å². The SMILES string of the molecule is COc1ccc(C)cc1NC(=O)CN1CCCC(CO)C1. The van der Waals surface area contributed by atoms with Crippen LogP contribution in [0.3, 0.4) is 0 Å². The molecule has 0 aliphatic carbocycles. The van der Waals surface area contributed by atoms with Crippen LogP contribution in [0.5, 0.6) is 5.75 Å². The first kappa shape index (κ1) is 15.8. The van der Waals surface area contributed by atoms with Crippen LogP contribution in [0.2, 0.25) is 0 Å². The van der Waals surface area contributed by atoms with Gasteiger partial charge in [-0.2, -0.15) is 0 Å². The van der Waals surface area contributed by atoms with Crippen LogP contribution in [-0.2, 0) is 4.79 Å². The van der Waals surface area contributed by atoms with Gasteiger partial charge in [-0.25, -0.2) is 0 Å². The van der Waals surface area contributed by atoms with Gasteiger partial charge in [0, 0.05) is 13.2 Å². The molecule has 1 unspecified atom stereocenters. The predicted molar refractivity (Wildman–Crippen MR) is 82.6 cm³/mol. The van der Waals surface area contributed by atoms with Crippen LogP contribution in [-0.4, -0.2) is 49.3 Å². The number of carbonyl (C=O) groups excluding carboxylic acids is 1. The number of aliphatic hydroxyl groups excluding tert-OH is 1. The van der Waals surface area contributed by atoms with E-state index < -0.39 is 0 Å². The molecule has 1 aliphatic heterocycles. The van der Waals surface area contributed by atoms with Crippen molar-refractivity contribution in [3.05, 3.63) is 23.8 Å². The number of nitrogens with one attached hydrogen (secondary N) is 1. The number of rotatable bonds is 5. The fourth-order valence-corrected chi connectivity index (χ4v) is 2.76. The number of likely N-dealkylation sites (tertiary alicyclic amines) is 1. The lowest BCUT2D eigenvalue weighted by Gasteiger charge is -2.31. The number of aryl methyl sites for hydroxylation is 1. The number of hydrogen-bond donors (Lipinski definition) is 2. The second-order valence-electron chi connectivity index (χ2n) is 5.68. The minimum absolute atomic E-state index is 0.0440. The maximum atomic E-state index is 12.2. The zero-order valence-corrected chi connectivity index (χ0v) is 12.8. The molecule has 116 valence electrons. The Bertz CT molecular complexity index is 490. The van der Waals surface area contributed by atoms with Crippen molar-refractivity contribution in [2.45, 2.75) is 19.8 Å². The molecule has 2 N–H and O–H groups in total. The highest BCUT2D eigenvalue weighted by molar-refractivity contribution is 5.93. The van der Waals surface area contributed by atoms with E-state index in [4.69, 9.17) is 4.74 Å². The number of piperidine rings is 1. The highest BCUT2D eigenvalue weighted by Gasteiger charge is 2.21. The normalized spacial score (nSPS) is 19.3. The van der Waals surface area contributed by atoms with E-state index in [1.165, 1.54) is 0 Å². The second kappa shape index (κ2) is 7.43. The Morgan fingerprint density at radius 2 is 2.33 bits per heavy atom. The maximum absolute atomic E-state index is 12.2. The molecule has 5 nitrogen and oxygen atoms in total. The number of ether oxygens (including phenoxy) is 1. The number of nitrogens with zero attached hydrogens (tertiary/aromatic N) is 1. The number of methoxy groups -OCH3 is 1. The fraction of sp³-hybridized carbons (Fsp3) is 0.562. The fourth-order valence-electron chi connectivity index (χ4n) is 2.76. The Labute approximate surface area is 125 Å². The van der Waals surface area contributed by atoms with E-state index in [-0.39, 0.29) is 12.5 Å². The van der Waals surface area contributed by atoms with Crippen molar-refractivity contribution in [1.29, 1.82) is 0 Å². The van der Waals surface area contributed by atoms with Gasteiger partial charge in [0.1, 0.15) is 5.75 Å². The lowest BCUT2D eigenvalue weighted by atomic mass is 9.99. The molecule has 1 atom stereocenters. The summed E-state index contributed by atoms with van der Waals surface area (Å²) in [6, 6.07) is 5.71. The molecule has 2 rings (SSSR count). The topological polar surface area (TPSA) is 61.8 Å². The Balaban J connectivity index is 1.94. The van der Waals surface area contributed by atoms with Crippen molar-refractivity contribution in [3.8, 4) is 5.75 Å². The van der Waals surface area contributed by atoms with Gasteiger partial charge in [-0.05, 0) is 49.9 Å². The Hall–Kier alpha value is -1.59. The minimum Gasteiger partial charge on any atom is -0.495 e. The molecule has 1 aromatic carbocycles. The zero-order valence-electron chi connectivity index (χ0n) is 12.8. The number of hydrogen-bond acceptors (Lipinski definition) is 4.